The third-order valence-corrected chi connectivity index (χ3v) is 1.95. The van der Waals surface area contributed by atoms with Gasteiger partial charge in [0.2, 0.25) is 0 Å². The van der Waals surface area contributed by atoms with Gasteiger partial charge in [-0.1, -0.05) is 11.6 Å². The van der Waals surface area contributed by atoms with Gasteiger partial charge in [-0.3, -0.25) is 0 Å². The minimum atomic E-state index is -0.434. The predicted octanol–water partition coefficient (Wildman–Crippen LogP) is 1.89. The fraction of sp³-hybridized carbons (Fsp3) is 0.200. The Labute approximate surface area is 92.7 Å². The first-order chi connectivity index (χ1) is 7.15. The second-order valence-corrected chi connectivity index (χ2v) is 3.05. The zero-order chi connectivity index (χ0) is 11.3. The monoisotopic (exact) mass is 226 g/mol. The van der Waals surface area contributed by atoms with Crippen LogP contribution >= 0.6 is 11.6 Å². The third kappa shape index (κ3) is 3.25. The highest BCUT2D eigenvalue weighted by molar-refractivity contribution is 6.31. The van der Waals surface area contributed by atoms with E-state index in [1.165, 1.54) is 18.3 Å². The number of carbonyl (C=O) groups is 1. The average Bonchev–Trinajstić information content (AvgIpc) is 2.17. The number of anilines is 1. The van der Waals surface area contributed by atoms with E-state index in [9.17, 15) is 4.79 Å². The molecule has 0 spiro atoms. The number of ether oxygens (including phenoxy) is 1. The summed E-state index contributed by atoms with van der Waals surface area (Å²) in [6.07, 6.45) is 4.25. The van der Waals surface area contributed by atoms with Gasteiger partial charge in [0.15, 0.2) is 0 Å². The molecule has 0 aliphatic carbocycles. The van der Waals surface area contributed by atoms with Crippen LogP contribution in [-0.2, 0) is 9.53 Å². The van der Waals surface area contributed by atoms with Crippen molar-refractivity contribution in [2.75, 3.05) is 12.3 Å². The van der Waals surface area contributed by atoms with Crippen molar-refractivity contribution in [1.82, 2.24) is 4.98 Å². The van der Waals surface area contributed by atoms with Gasteiger partial charge in [-0.15, -0.1) is 0 Å². The number of pyridine rings is 1. The van der Waals surface area contributed by atoms with Gasteiger partial charge in [-0.05, 0) is 19.1 Å². The molecule has 0 radical (unpaired) electrons. The summed E-state index contributed by atoms with van der Waals surface area (Å²) >= 11 is 5.80. The summed E-state index contributed by atoms with van der Waals surface area (Å²) in [5.74, 6) is -0.434. The van der Waals surface area contributed by atoms with E-state index < -0.39 is 5.97 Å². The number of nitrogens with zero attached hydrogens (tertiary/aromatic N) is 1. The molecule has 5 heteroatoms. The Kier molecular flexibility index (Phi) is 4.12. The van der Waals surface area contributed by atoms with Gasteiger partial charge in [-0.2, -0.15) is 0 Å². The van der Waals surface area contributed by atoms with Gasteiger partial charge < -0.3 is 10.5 Å². The van der Waals surface area contributed by atoms with Crippen LogP contribution in [0.3, 0.4) is 0 Å². The van der Waals surface area contributed by atoms with E-state index in [1.54, 1.807) is 13.0 Å². The van der Waals surface area contributed by atoms with E-state index in [0.29, 0.717) is 17.9 Å². The summed E-state index contributed by atoms with van der Waals surface area (Å²) in [6.45, 7) is 2.07. The van der Waals surface area contributed by atoms with Gasteiger partial charge in [0, 0.05) is 23.5 Å². The van der Waals surface area contributed by atoms with Crippen LogP contribution in [0, 0.1) is 0 Å². The molecule has 0 bridgehead atoms. The maximum atomic E-state index is 11.0. The summed E-state index contributed by atoms with van der Waals surface area (Å²) in [5, 5.41) is 0.260. The molecule has 0 saturated heterocycles. The number of aromatic nitrogens is 1. The van der Waals surface area contributed by atoms with Gasteiger partial charge >= 0.3 is 5.97 Å². The van der Waals surface area contributed by atoms with E-state index in [0.717, 1.165) is 0 Å². The number of nitrogen functional groups attached to an aromatic ring is 1. The molecule has 0 aliphatic heterocycles. The van der Waals surface area contributed by atoms with Gasteiger partial charge in [0.05, 0.1) is 6.61 Å². The van der Waals surface area contributed by atoms with Crippen LogP contribution in [0.15, 0.2) is 18.3 Å². The Morgan fingerprint density at radius 1 is 1.73 bits per heavy atom. The lowest BCUT2D eigenvalue weighted by molar-refractivity contribution is -0.137. The van der Waals surface area contributed by atoms with Crippen LogP contribution in [0.25, 0.3) is 6.08 Å². The van der Waals surface area contributed by atoms with Gasteiger partial charge in [-0.25, -0.2) is 9.78 Å². The van der Waals surface area contributed by atoms with Crippen molar-refractivity contribution in [3.05, 3.63) is 29.1 Å². The molecule has 0 unspecified atom stereocenters. The van der Waals surface area contributed by atoms with E-state index in [1.807, 2.05) is 0 Å². The van der Waals surface area contributed by atoms with Crippen molar-refractivity contribution in [3.8, 4) is 0 Å². The van der Waals surface area contributed by atoms with Crippen LogP contribution in [-0.4, -0.2) is 17.6 Å². The molecule has 0 fully saturated rings. The molecule has 0 saturated carbocycles. The fourth-order valence-electron chi connectivity index (χ4n) is 0.968. The molecule has 0 atom stereocenters. The second-order valence-electron chi connectivity index (χ2n) is 2.69. The smallest absolute Gasteiger partial charge is 0.330 e. The van der Waals surface area contributed by atoms with E-state index >= 15 is 0 Å². The molecule has 0 aliphatic rings. The molecule has 80 valence electrons. The average molecular weight is 227 g/mol. The van der Waals surface area contributed by atoms with Crippen LogP contribution in [0.2, 0.25) is 5.15 Å². The van der Waals surface area contributed by atoms with Crippen molar-refractivity contribution in [1.29, 1.82) is 0 Å². The van der Waals surface area contributed by atoms with Gasteiger partial charge in [0.1, 0.15) is 5.15 Å². The topological polar surface area (TPSA) is 65.2 Å². The van der Waals surface area contributed by atoms with Crippen molar-refractivity contribution in [2.45, 2.75) is 6.92 Å². The normalized spacial score (nSPS) is 10.5. The Hall–Kier alpha value is -1.55. The molecule has 1 aromatic rings. The molecule has 1 heterocycles. The van der Waals surface area contributed by atoms with Crippen LogP contribution in [0.4, 0.5) is 5.69 Å². The van der Waals surface area contributed by atoms with Crippen LogP contribution in [0.5, 0.6) is 0 Å². The molecule has 0 aromatic carbocycles. The van der Waals surface area contributed by atoms with Crippen molar-refractivity contribution in [3.63, 3.8) is 0 Å². The first-order valence-corrected chi connectivity index (χ1v) is 4.77. The van der Waals surface area contributed by atoms with Crippen molar-refractivity contribution < 1.29 is 9.53 Å². The molecule has 2 N–H and O–H groups in total. The summed E-state index contributed by atoms with van der Waals surface area (Å²) in [6, 6.07) is 1.61. The minimum Gasteiger partial charge on any atom is -0.463 e. The number of halogens is 1. The van der Waals surface area contributed by atoms with Gasteiger partial charge in [0.25, 0.3) is 0 Å². The third-order valence-electron chi connectivity index (χ3n) is 1.65. The molecule has 1 rings (SSSR count). The van der Waals surface area contributed by atoms with Crippen molar-refractivity contribution in [2.24, 2.45) is 0 Å². The Morgan fingerprint density at radius 2 is 2.47 bits per heavy atom. The summed E-state index contributed by atoms with van der Waals surface area (Å²) in [5.41, 5.74) is 6.64. The Bertz CT molecular complexity index is 371. The zero-order valence-electron chi connectivity index (χ0n) is 8.24. The van der Waals surface area contributed by atoms with Crippen LogP contribution in [0.1, 0.15) is 12.5 Å². The highest BCUT2D eigenvalue weighted by Crippen LogP contribution is 2.20. The van der Waals surface area contributed by atoms with Crippen molar-refractivity contribution >= 4 is 29.3 Å². The largest absolute Gasteiger partial charge is 0.463 e. The summed E-state index contributed by atoms with van der Waals surface area (Å²) < 4.78 is 4.71. The lowest BCUT2D eigenvalue weighted by Gasteiger charge is -2.01. The fourth-order valence-corrected chi connectivity index (χ4v) is 1.20. The van der Waals surface area contributed by atoms with E-state index in [2.05, 4.69) is 4.98 Å². The first-order valence-electron chi connectivity index (χ1n) is 4.40. The summed E-state index contributed by atoms with van der Waals surface area (Å²) in [4.78, 5) is 14.9. The highest BCUT2D eigenvalue weighted by Gasteiger charge is 2.02. The first kappa shape index (κ1) is 11.5. The zero-order valence-corrected chi connectivity index (χ0v) is 8.99. The SMILES string of the molecule is CCOC(=O)C=Cc1c(N)ccnc1Cl. The highest BCUT2D eigenvalue weighted by atomic mass is 35.5. The number of rotatable bonds is 3. The molecule has 15 heavy (non-hydrogen) atoms. The number of carbonyl (C=O) groups excluding carboxylic acids is 1. The van der Waals surface area contributed by atoms with Crippen LogP contribution < -0.4 is 5.73 Å². The predicted molar refractivity (Wildman–Crippen MR) is 59.3 cm³/mol. The Morgan fingerprint density at radius 3 is 3.07 bits per heavy atom. The maximum Gasteiger partial charge on any atom is 0.330 e. The lowest BCUT2D eigenvalue weighted by atomic mass is 10.2. The molecule has 0 amide bonds. The number of nitrogens with two attached hydrogens (primary N) is 1. The summed E-state index contributed by atoms with van der Waals surface area (Å²) in [7, 11) is 0. The Balaban J connectivity index is 2.84. The number of esters is 1. The quantitative estimate of drug-likeness (QED) is 0.486. The number of hydrogen-bond acceptors (Lipinski definition) is 4. The molecular weight excluding hydrogens is 216 g/mol. The van der Waals surface area contributed by atoms with E-state index in [4.69, 9.17) is 22.1 Å². The molecule has 4 nitrogen and oxygen atoms in total. The van der Waals surface area contributed by atoms with E-state index in [-0.39, 0.29) is 5.15 Å². The number of hydrogen-bond donors (Lipinski definition) is 1. The minimum absolute atomic E-state index is 0.260. The molecule has 1 aromatic heterocycles. The second kappa shape index (κ2) is 5.36. The standard InChI is InChI=1S/C10H11ClN2O2/c1-2-15-9(14)4-3-7-8(12)5-6-13-10(7)11/h3-6H,2H2,1H3,(H2,12,13). The molecular formula is C10H11ClN2O2. The maximum absolute atomic E-state index is 11.0. The lowest BCUT2D eigenvalue weighted by Crippen LogP contribution is -1.99.